The third-order valence-electron chi connectivity index (χ3n) is 2.86. The van der Waals surface area contributed by atoms with Gasteiger partial charge in [0.05, 0.1) is 0 Å². The Morgan fingerprint density at radius 3 is 2.52 bits per heavy atom. The van der Waals surface area contributed by atoms with Crippen molar-refractivity contribution in [1.82, 2.24) is 4.90 Å². The summed E-state index contributed by atoms with van der Waals surface area (Å²) in [4.78, 5) is 13.7. The van der Waals surface area contributed by atoms with E-state index in [9.17, 15) is 13.6 Å². The summed E-state index contributed by atoms with van der Waals surface area (Å²) in [7, 11) is 1.58. The minimum Gasteiger partial charge on any atom is -0.337 e. The number of benzene rings is 2. The number of amides is 1. The van der Waals surface area contributed by atoms with Crippen molar-refractivity contribution < 1.29 is 13.6 Å². The molecule has 21 heavy (non-hydrogen) atoms. The van der Waals surface area contributed by atoms with E-state index in [4.69, 9.17) is 11.6 Å². The summed E-state index contributed by atoms with van der Waals surface area (Å²) in [5.74, 6) is -2.10. The largest absolute Gasteiger partial charge is 0.337 e. The van der Waals surface area contributed by atoms with E-state index in [1.54, 1.807) is 25.2 Å². The molecule has 0 aliphatic heterocycles. The second-order valence-electron chi connectivity index (χ2n) is 4.57. The summed E-state index contributed by atoms with van der Waals surface area (Å²) in [6.45, 7) is 0.167. The quantitative estimate of drug-likeness (QED) is 0.765. The molecule has 0 fully saturated rings. The van der Waals surface area contributed by atoms with Crippen molar-refractivity contribution in [3.8, 4) is 0 Å². The molecule has 110 valence electrons. The van der Waals surface area contributed by atoms with Gasteiger partial charge in [0, 0.05) is 28.7 Å². The number of carbonyl (C=O) groups excluding carboxylic acids is 1. The highest BCUT2D eigenvalue weighted by molar-refractivity contribution is 9.10. The molecule has 6 heteroatoms. The molecule has 0 radical (unpaired) electrons. The lowest BCUT2D eigenvalue weighted by atomic mass is 10.1. The van der Waals surface area contributed by atoms with Crippen molar-refractivity contribution in [2.24, 2.45) is 0 Å². The Morgan fingerprint density at radius 1 is 1.19 bits per heavy atom. The predicted molar refractivity (Wildman–Crippen MR) is 81.3 cm³/mol. The van der Waals surface area contributed by atoms with Crippen LogP contribution in [0.2, 0.25) is 5.02 Å². The monoisotopic (exact) mass is 373 g/mol. The van der Waals surface area contributed by atoms with E-state index >= 15 is 0 Å². The highest BCUT2D eigenvalue weighted by Crippen LogP contribution is 2.21. The van der Waals surface area contributed by atoms with Crippen molar-refractivity contribution in [3.63, 3.8) is 0 Å². The van der Waals surface area contributed by atoms with Gasteiger partial charge in [0.25, 0.3) is 5.91 Å². The number of nitrogens with zero attached hydrogens (tertiary/aromatic N) is 1. The van der Waals surface area contributed by atoms with E-state index in [2.05, 4.69) is 15.9 Å². The van der Waals surface area contributed by atoms with Crippen molar-refractivity contribution in [1.29, 1.82) is 0 Å². The molecule has 0 saturated heterocycles. The molecular weight excluding hydrogens is 364 g/mol. The van der Waals surface area contributed by atoms with Crippen LogP contribution in [0.25, 0.3) is 0 Å². The zero-order valence-electron chi connectivity index (χ0n) is 11.0. The van der Waals surface area contributed by atoms with Gasteiger partial charge in [-0.1, -0.05) is 33.6 Å². The highest BCUT2D eigenvalue weighted by atomic mass is 79.9. The third kappa shape index (κ3) is 4.02. The zero-order valence-corrected chi connectivity index (χ0v) is 13.4. The first-order chi connectivity index (χ1) is 9.86. The first-order valence-corrected chi connectivity index (χ1v) is 7.19. The average molecular weight is 375 g/mol. The first kappa shape index (κ1) is 15.9. The van der Waals surface area contributed by atoms with Crippen LogP contribution in [0.4, 0.5) is 8.78 Å². The van der Waals surface area contributed by atoms with Gasteiger partial charge in [0.15, 0.2) is 11.6 Å². The lowest BCUT2D eigenvalue weighted by Crippen LogP contribution is -2.26. The number of hydrogen-bond donors (Lipinski definition) is 0. The molecule has 2 aromatic rings. The molecule has 0 aromatic heterocycles. The van der Waals surface area contributed by atoms with Gasteiger partial charge in [-0.15, -0.1) is 0 Å². The SMILES string of the molecule is CN(Cc1ccc(F)c(F)c1)C(=O)c1cc(Cl)cc(Br)c1. The van der Waals surface area contributed by atoms with Crippen LogP contribution >= 0.6 is 27.5 Å². The fourth-order valence-electron chi connectivity index (χ4n) is 1.88. The second kappa shape index (κ2) is 6.54. The minimum atomic E-state index is -0.932. The Bertz CT molecular complexity index is 673. The molecule has 0 aliphatic rings. The van der Waals surface area contributed by atoms with E-state index in [0.29, 0.717) is 20.6 Å². The molecule has 2 rings (SSSR count). The van der Waals surface area contributed by atoms with Crippen LogP contribution < -0.4 is 0 Å². The van der Waals surface area contributed by atoms with E-state index < -0.39 is 11.6 Å². The van der Waals surface area contributed by atoms with Crippen molar-refractivity contribution in [3.05, 3.63) is 68.7 Å². The Hall–Kier alpha value is -1.46. The van der Waals surface area contributed by atoms with Crippen LogP contribution in [0, 0.1) is 11.6 Å². The number of carbonyl (C=O) groups is 1. The fraction of sp³-hybridized carbons (Fsp3) is 0.133. The summed E-state index contributed by atoms with van der Waals surface area (Å²) in [5.41, 5.74) is 0.922. The topological polar surface area (TPSA) is 20.3 Å². The summed E-state index contributed by atoms with van der Waals surface area (Å²) in [6, 6.07) is 8.43. The van der Waals surface area contributed by atoms with Crippen molar-refractivity contribution >= 4 is 33.4 Å². The average Bonchev–Trinajstić information content (AvgIpc) is 2.41. The number of halogens is 4. The molecule has 0 bridgehead atoms. The van der Waals surface area contributed by atoms with Gasteiger partial charge in [-0.3, -0.25) is 4.79 Å². The third-order valence-corrected chi connectivity index (χ3v) is 3.54. The molecule has 0 saturated carbocycles. The van der Waals surface area contributed by atoms with Crippen LogP contribution in [0.5, 0.6) is 0 Å². The Labute approximate surface area is 134 Å². The summed E-state index contributed by atoms with van der Waals surface area (Å²) < 4.78 is 26.7. The first-order valence-electron chi connectivity index (χ1n) is 6.02. The maximum atomic E-state index is 13.2. The highest BCUT2D eigenvalue weighted by Gasteiger charge is 2.14. The Balaban J connectivity index is 2.17. The lowest BCUT2D eigenvalue weighted by Gasteiger charge is -2.18. The van der Waals surface area contributed by atoms with Gasteiger partial charge < -0.3 is 4.90 Å². The number of rotatable bonds is 3. The van der Waals surface area contributed by atoms with Crippen LogP contribution in [0.3, 0.4) is 0 Å². The van der Waals surface area contributed by atoms with Crippen LogP contribution in [0.1, 0.15) is 15.9 Å². The predicted octanol–water partition coefficient (Wildman–Crippen LogP) is 4.65. The second-order valence-corrected chi connectivity index (χ2v) is 5.92. The van der Waals surface area contributed by atoms with Crippen molar-refractivity contribution in [2.45, 2.75) is 6.54 Å². The van der Waals surface area contributed by atoms with Gasteiger partial charge in [-0.25, -0.2) is 8.78 Å². The normalized spacial score (nSPS) is 10.5. The van der Waals surface area contributed by atoms with Gasteiger partial charge in [-0.2, -0.15) is 0 Å². The fourth-order valence-corrected chi connectivity index (χ4v) is 2.74. The Kier molecular flexibility index (Phi) is 4.96. The summed E-state index contributed by atoms with van der Waals surface area (Å²) in [5, 5.41) is 0.439. The zero-order chi connectivity index (χ0) is 15.6. The maximum absolute atomic E-state index is 13.2. The summed E-state index contributed by atoms with van der Waals surface area (Å²) >= 11 is 9.17. The van der Waals surface area contributed by atoms with Gasteiger partial charge in [0.2, 0.25) is 0 Å². The molecule has 0 aliphatic carbocycles. The molecule has 1 amide bonds. The van der Waals surface area contributed by atoms with E-state index in [1.165, 1.54) is 11.0 Å². The number of hydrogen-bond acceptors (Lipinski definition) is 1. The van der Waals surface area contributed by atoms with Gasteiger partial charge in [0.1, 0.15) is 0 Å². The lowest BCUT2D eigenvalue weighted by molar-refractivity contribution is 0.0785. The molecule has 0 N–H and O–H groups in total. The van der Waals surface area contributed by atoms with Crippen LogP contribution in [-0.2, 0) is 6.54 Å². The summed E-state index contributed by atoms with van der Waals surface area (Å²) in [6.07, 6.45) is 0. The van der Waals surface area contributed by atoms with Gasteiger partial charge in [-0.05, 0) is 35.9 Å². The maximum Gasteiger partial charge on any atom is 0.253 e. The molecule has 0 unspecified atom stereocenters. The standard InChI is InChI=1S/C15H11BrClF2NO/c1-20(8-9-2-3-13(18)14(19)4-9)15(21)10-5-11(16)7-12(17)6-10/h2-7H,8H2,1H3. The molecule has 0 spiro atoms. The minimum absolute atomic E-state index is 0.167. The van der Waals surface area contributed by atoms with E-state index in [1.807, 2.05) is 0 Å². The van der Waals surface area contributed by atoms with E-state index in [0.717, 1.165) is 12.1 Å². The Morgan fingerprint density at radius 2 is 1.90 bits per heavy atom. The molecule has 2 aromatic carbocycles. The van der Waals surface area contributed by atoms with Crippen LogP contribution in [-0.4, -0.2) is 17.9 Å². The van der Waals surface area contributed by atoms with Gasteiger partial charge >= 0.3 is 0 Å². The van der Waals surface area contributed by atoms with Crippen LogP contribution in [0.15, 0.2) is 40.9 Å². The molecule has 0 heterocycles. The molecule has 0 atom stereocenters. The smallest absolute Gasteiger partial charge is 0.253 e. The van der Waals surface area contributed by atoms with E-state index in [-0.39, 0.29) is 12.5 Å². The van der Waals surface area contributed by atoms with Crippen molar-refractivity contribution in [2.75, 3.05) is 7.05 Å². The molecular formula is C15H11BrClF2NO. The molecule has 2 nitrogen and oxygen atoms in total.